The summed E-state index contributed by atoms with van der Waals surface area (Å²) in [6.45, 7) is 0. The van der Waals surface area contributed by atoms with E-state index in [2.05, 4.69) is 32.8 Å². The van der Waals surface area contributed by atoms with Gasteiger partial charge in [-0.05, 0) is 41.8 Å². The minimum atomic E-state index is -0.395. The van der Waals surface area contributed by atoms with Crippen molar-refractivity contribution in [2.75, 3.05) is 10.6 Å². The average Bonchev–Trinajstić information content (AvgIpc) is 3.44. The summed E-state index contributed by atoms with van der Waals surface area (Å²) in [4.78, 5) is 16.8. The Morgan fingerprint density at radius 3 is 2.60 bits per heavy atom. The molecule has 0 radical (unpaired) electrons. The molecule has 2 aromatic carbocycles. The van der Waals surface area contributed by atoms with Crippen molar-refractivity contribution >= 4 is 29.4 Å². The topological polar surface area (TPSA) is 85.0 Å². The van der Waals surface area contributed by atoms with E-state index in [0.717, 1.165) is 17.5 Å². The quantitative estimate of drug-likeness (QED) is 0.490. The number of nitrogens with zero attached hydrogens (tertiary/aromatic N) is 3. The lowest BCUT2D eigenvalue weighted by Gasteiger charge is -2.31. The van der Waals surface area contributed by atoms with Gasteiger partial charge in [-0.1, -0.05) is 54.1 Å². The molecule has 1 amide bonds. The number of nitrogens with one attached hydrogen (secondary N) is 2. The molecule has 8 heteroatoms. The number of anilines is 2. The van der Waals surface area contributed by atoms with E-state index in [1.807, 2.05) is 47.1 Å². The number of fused-ring (bicyclic) bond motifs is 1. The van der Waals surface area contributed by atoms with E-state index in [0.29, 0.717) is 11.0 Å². The molecule has 0 aliphatic carbocycles. The zero-order chi connectivity index (χ0) is 20.5. The Morgan fingerprint density at radius 2 is 1.87 bits per heavy atom. The van der Waals surface area contributed by atoms with Gasteiger partial charge in [-0.25, -0.2) is 4.68 Å². The molecule has 0 saturated carbocycles. The van der Waals surface area contributed by atoms with Crippen molar-refractivity contribution in [1.29, 1.82) is 0 Å². The zero-order valence-corrected chi connectivity index (χ0v) is 16.6. The van der Waals surface area contributed by atoms with Crippen LogP contribution in [0, 0.1) is 0 Å². The van der Waals surface area contributed by atoms with Crippen LogP contribution in [0.2, 0.25) is 5.02 Å². The molecule has 150 valence electrons. The highest BCUT2D eigenvalue weighted by Crippen LogP contribution is 2.38. The van der Waals surface area contributed by atoms with Gasteiger partial charge in [-0.15, -0.1) is 5.10 Å². The van der Waals surface area contributed by atoms with Crippen molar-refractivity contribution in [3.8, 4) is 0 Å². The highest BCUT2D eigenvalue weighted by atomic mass is 35.5. The Balaban J connectivity index is 1.49. The summed E-state index contributed by atoms with van der Waals surface area (Å²) in [5.74, 6) is 0.615. The van der Waals surface area contributed by atoms with Crippen LogP contribution in [0.5, 0.6) is 0 Å². The van der Waals surface area contributed by atoms with Gasteiger partial charge in [-0.3, -0.25) is 10.1 Å². The maximum absolute atomic E-state index is 12.3. The molecule has 1 aliphatic heterocycles. The molecule has 7 nitrogen and oxygen atoms in total. The summed E-state index contributed by atoms with van der Waals surface area (Å²) >= 11 is 6.06. The number of aromatic nitrogens is 3. The van der Waals surface area contributed by atoms with Crippen LogP contribution in [0.4, 0.5) is 11.9 Å². The van der Waals surface area contributed by atoms with Gasteiger partial charge in [0.05, 0.1) is 18.3 Å². The van der Waals surface area contributed by atoms with Gasteiger partial charge in [-0.2, -0.15) is 4.98 Å². The first kappa shape index (κ1) is 18.4. The number of amides is 1. The monoisotopic (exact) mass is 419 g/mol. The van der Waals surface area contributed by atoms with Crippen molar-refractivity contribution in [3.63, 3.8) is 0 Å². The van der Waals surface area contributed by atoms with Gasteiger partial charge < -0.3 is 9.73 Å². The molecule has 2 atom stereocenters. The third-order valence-corrected chi connectivity index (χ3v) is 5.37. The molecular weight excluding hydrogens is 402 g/mol. The van der Waals surface area contributed by atoms with Crippen molar-refractivity contribution in [3.05, 3.63) is 94.9 Å². The molecule has 0 fully saturated rings. The third-order valence-electron chi connectivity index (χ3n) is 5.12. The van der Waals surface area contributed by atoms with Crippen LogP contribution in [-0.2, 0) is 0 Å². The summed E-state index contributed by atoms with van der Waals surface area (Å²) < 4.78 is 6.96. The first-order chi connectivity index (χ1) is 14.7. The standard InChI is InChI=1S/C22H18ClN5O2/c23-16-10-8-14(9-11-16)17-13-18(15-5-2-1-3-6-15)28-22(24-17)26-21(27-28)25-20(29)19-7-4-12-30-19/h1-12,17-18H,13H2,(H2,24,25,26,27,29)/t17-,18+/m1/s1. The minimum absolute atomic E-state index is 0.0257. The van der Waals surface area contributed by atoms with Crippen molar-refractivity contribution in [1.82, 2.24) is 14.8 Å². The lowest BCUT2D eigenvalue weighted by Crippen LogP contribution is -2.28. The second kappa shape index (κ2) is 7.68. The Hall–Kier alpha value is -3.58. The highest BCUT2D eigenvalue weighted by Gasteiger charge is 2.31. The lowest BCUT2D eigenvalue weighted by atomic mass is 9.93. The molecule has 4 aromatic rings. The van der Waals surface area contributed by atoms with Gasteiger partial charge in [0, 0.05) is 5.02 Å². The van der Waals surface area contributed by atoms with Crippen molar-refractivity contribution in [2.24, 2.45) is 0 Å². The Kier molecular flexibility index (Phi) is 4.72. The predicted molar refractivity (Wildman–Crippen MR) is 114 cm³/mol. The van der Waals surface area contributed by atoms with E-state index in [1.54, 1.807) is 12.1 Å². The SMILES string of the molecule is O=C(Nc1nc2n(n1)[C@H](c1ccccc1)C[C@H](c1ccc(Cl)cc1)N2)c1ccco1. The molecule has 0 bridgehead atoms. The fourth-order valence-electron chi connectivity index (χ4n) is 3.67. The third kappa shape index (κ3) is 3.55. The number of hydrogen-bond acceptors (Lipinski definition) is 5. The fourth-order valence-corrected chi connectivity index (χ4v) is 3.79. The molecule has 3 heterocycles. The number of hydrogen-bond donors (Lipinski definition) is 2. The maximum atomic E-state index is 12.3. The van der Waals surface area contributed by atoms with E-state index in [9.17, 15) is 4.79 Å². The molecule has 5 rings (SSSR count). The molecule has 0 saturated heterocycles. The van der Waals surface area contributed by atoms with Crippen molar-refractivity contribution < 1.29 is 9.21 Å². The zero-order valence-electron chi connectivity index (χ0n) is 15.8. The van der Waals surface area contributed by atoms with E-state index < -0.39 is 5.91 Å². The molecule has 30 heavy (non-hydrogen) atoms. The second-order valence-corrected chi connectivity index (χ2v) is 7.48. The molecular formula is C22H18ClN5O2. The van der Waals surface area contributed by atoms with Crippen LogP contribution < -0.4 is 10.6 Å². The smallest absolute Gasteiger partial charge is 0.293 e. The minimum Gasteiger partial charge on any atom is -0.459 e. The highest BCUT2D eigenvalue weighted by molar-refractivity contribution is 6.30. The lowest BCUT2D eigenvalue weighted by molar-refractivity contribution is 0.0995. The molecule has 0 spiro atoms. The average molecular weight is 420 g/mol. The van der Waals surface area contributed by atoms with Crippen molar-refractivity contribution in [2.45, 2.75) is 18.5 Å². The van der Waals surface area contributed by atoms with Crippen LogP contribution in [0.15, 0.2) is 77.4 Å². The number of benzene rings is 2. The first-order valence-corrected chi connectivity index (χ1v) is 9.93. The Morgan fingerprint density at radius 1 is 1.07 bits per heavy atom. The Labute approximate surface area is 177 Å². The van der Waals surface area contributed by atoms with E-state index >= 15 is 0 Å². The number of furan rings is 1. The normalized spacial score (nSPS) is 17.8. The summed E-state index contributed by atoms with van der Waals surface area (Å²) in [5, 5.41) is 11.4. The van der Waals surface area contributed by atoms with Gasteiger partial charge in [0.1, 0.15) is 0 Å². The van der Waals surface area contributed by atoms with Crippen LogP contribution >= 0.6 is 11.6 Å². The molecule has 2 N–H and O–H groups in total. The summed E-state index contributed by atoms with van der Waals surface area (Å²) in [6.07, 6.45) is 2.22. The number of carbonyl (C=O) groups excluding carboxylic acids is 1. The van der Waals surface area contributed by atoms with E-state index in [1.165, 1.54) is 6.26 Å². The van der Waals surface area contributed by atoms with Crippen LogP contribution in [-0.4, -0.2) is 20.7 Å². The van der Waals surface area contributed by atoms with Gasteiger partial charge in [0.15, 0.2) is 5.76 Å². The molecule has 2 aromatic heterocycles. The predicted octanol–water partition coefficient (Wildman–Crippen LogP) is 4.92. The number of carbonyl (C=O) groups is 1. The molecule has 1 aliphatic rings. The summed E-state index contributed by atoms with van der Waals surface area (Å²) in [5.41, 5.74) is 2.23. The largest absolute Gasteiger partial charge is 0.459 e. The Bertz CT molecular complexity index is 1160. The second-order valence-electron chi connectivity index (χ2n) is 7.05. The fraction of sp³-hybridized carbons (Fsp3) is 0.136. The van der Waals surface area contributed by atoms with E-state index in [-0.39, 0.29) is 23.8 Å². The molecule has 0 unspecified atom stereocenters. The van der Waals surface area contributed by atoms with E-state index in [4.69, 9.17) is 16.0 Å². The maximum Gasteiger partial charge on any atom is 0.293 e. The summed E-state index contributed by atoms with van der Waals surface area (Å²) in [7, 11) is 0. The summed E-state index contributed by atoms with van der Waals surface area (Å²) in [6, 6.07) is 21.1. The first-order valence-electron chi connectivity index (χ1n) is 9.56. The van der Waals surface area contributed by atoms with Crippen LogP contribution in [0.3, 0.4) is 0 Å². The van der Waals surface area contributed by atoms with Gasteiger partial charge >= 0.3 is 0 Å². The van der Waals surface area contributed by atoms with Gasteiger partial charge in [0.2, 0.25) is 5.95 Å². The van der Waals surface area contributed by atoms with Crippen LogP contribution in [0.25, 0.3) is 0 Å². The number of halogens is 1. The van der Waals surface area contributed by atoms with Crippen LogP contribution in [0.1, 0.15) is 40.2 Å². The van der Waals surface area contributed by atoms with Gasteiger partial charge in [0.25, 0.3) is 11.9 Å². The number of rotatable bonds is 4.